The number of nitrogens with zero attached hydrogens (tertiary/aromatic N) is 1. The van der Waals surface area contributed by atoms with E-state index >= 15 is 0 Å². The number of urea groups is 1. The highest BCUT2D eigenvalue weighted by Gasteiger charge is 2.10. The Morgan fingerprint density at radius 1 is 1.92 bits per heavy atom. The summed E-state index contributed by atoms with van der Waals surface area (Å²) in [6.07, 6.45) is 0.725. The summed E-state index contributed by atoms with van der Waals surface area (Å²) in [5, 5.41) is 5.71. The van der Waals surface area contributed by atoms with E-state index in [4.69, 9.17) is 5.73 Å². The summed E-state index contributed by atoms with van der Waals surface area (Å²) < 4.78 is 0. The van der Waals surface area contributed by atoms with Crippen molar-refractivity contribution in [3.8, 4) is 0 Å². The molecule has 1 aliphatic rings. The Morgan fingerprint density at radius 2 is 2.67 bits per heavy atom. The van der Waals surface area contributed by atoms with Gasteiger partial charge in [0.15, 0.2) is 0 Å². The van der Waals surface area contributed by atoms with Crippen molar-refractivity contribution in [3.63, 3.8) is 0 Å². The predicted octanol–water partition coefficient (Wildman–Crippen LogP) is -0.565. The van der Waals surface area contributed by atoms with Gasteiger partial charge in [0.1, 0.15) is 0 Å². The average Bonchev–Trinajstić information content (AvgIpc) is 2.37. The topological polar surface area (TPSA) is 79.5 Å². The first-order valence-electron chi connectivity index (χ1n) is 4.01. The number of primary amides is 1. The van der Waals surface area contributed by atoms with E-state index in [0.29, 0.717) is 0 Å². The SMILES string of the molecule is CC(CC1=NCCN1)NC(N)=O. The van der Waals surface area contributed by atoms with Crippen molar-refractivity contribution in [3.05, 3.63) is 0 Å². The third kappa shape index (κ3) is 2.77. The number of hydrogen-bond acceptors (Lipinski definition) is 3. The van der Waals surface area contributed by atoms with Crippen LogP contribution >= 0.6 is 0 Å². The van der Waals surface area contributed by atoms with Crippen LogP contribution in [0.5, 0.6) is 0 Å². The monoisotopic (exact) mass is 170 g/mol. The van der Waals surface area contributed by atoms with Gasteiger partial charge < -0.3 is 16.4 Å². The number of nitrogens with one attached hydrogen (secondary N) is 2. The highest BCUT2D eigenvalue weighted by Crippen LogP contribution is 1.95. The van der Waals surface area contributed by atoms with E-state index in [-0.39, 0.29) is 6.04 Å². The van der Waals surface area contributed by atoms with Gasteiger partial charge in [-0.1, -0.05) is 0 Å². The zero-order valence-electron chi connectivity index (χ0n) is 7.13. The molecule has 1 atom stereocenters. The van der Waals surface area contributed by atoms with Crippen LogP contribution in [0.3, 0.4) is 0 Å². The fourth-order valence-electron chi connectivity index (χ4n) is 1.17. The fourth-order valence-corrected chi connectivity index (χ4v) is 1.17. The summed E-state index contributed by atoms with van der Waals surface area (Å²) in [7, 11) is 0. The number of nitrogens with two attached hydrogens (primary N) is 1. The fraction of sp³-hybridized carbons (Fsp3) is 0.714. The van der Waals surface area contributed by atoms with Gasteiger partial charge in [0.25, 0.3) is 0 Å². The van der Waals surface area contributed by atoms with E-state index in [0.717, 1.165) is 25.3 Å². The van der Waals surface area contributed by atoms with Gasteiger partial charge in [0.05, 0.1) is 12.4 Å². The maximum Gasteiger partial charge on any atom is 0.312 e. The number of rotatable bonds is 3. The molecule has 1 aliphatic heterocycles. The molecule has 0 aliphatic carbocycles. The summed E-state index contributed by atoms with van der Waals surface area (Å²) in [4.78, 5) is 14.6. The largest absolute Gasteiger partial charge is 0.372 e. The minimum absolute atomic E-state index is 0.0480. The van der Waals surface area contributed by atoms with E-state index in [1.54, 1.807) is 0 Å². The average molecular weight is 170 g/mol. The van der Waals surface area contributed by atoms with Crippen molar-refractivity contribution in [2.75, 3.05) is 13.1 Å². The van der Waals surface area contributed by atoms with Gasteiger partial charge in [0, 0.05) is 19.0 Å². The molecule has 1 rings (SSSR count). The minimum atomic E-state index is -0.485. The first-order valence-corrected chi connectivity index (χ1v) is 4.01. The van der Waals surface area contributed by atoms with Crippen molar-refractivity contribution in [2.45, 2.75) is 19.4 Å². The van der Waals surface area contributed by atoms with Gasteiger partial charge in [-0.3, -0.25) is 4.99 Å². The second kappa shape index (κ2) is 3.94. The van der Waals surface area contributed by atoms with E-state index in [1.807, 2.05) is 6.92 Å². The number of amidine groups is 1. The van der Waals surface area contributed by atoms with Gasteiger partial charge >= 0.3 is 6.03 Å². The van der Waals surface area contributed by atoms with Crippen LogP contribution in [0.4, 0.5) is 4.79 Å². The maximum absolute atomic E-state index is 10.4. The van der Waals surface area contributed by atoms with Crippen molar-refractivity contribution in [1.82, 2.24) is 10.6 Å². The molecule has 0 spiro atoms. The summed E-state index contributed by atoms with van der Waals surface area (Å²) in [5.41, 5.74) is 4.96. The molecule has 12 heavy (non-hydrogen) atoms. The number of carbonyl (C=O) groups excluding carboxylic acids is 1. The Morgan fingerprint density at radius 3 is 3.17 bits per heavy atom. The normalized spacial score (nSPS) is 17.9. The van der Waals surface area contributed by atoms with Crippen molar-refractivity contribution in [1.29, 1.82) is 0 Å². The summed E-state index contributed by atoms with van der Waals surface area (Å²) in [6, 6.07) is -0.437. The minimum Gasteiger partial charge on any atom is -0.372 e. The summed E-state index contributed by atoms with van der Waals surface area (Å²) >= 11 is 0. The molecule has 0 radical (unpaired) electrons. The van der Waals surface area contributed by atoms with E-state index in [2.05, 4.69) is 15.6 Å². The molecule has 0 aromatic carbocycles. The van der Waals surface area contributed by atoms with Gasteiger partial charge in [-0.25, -0.2) is 4.79 Å². The van der Waals surface area contributed by atoms with Gasteiger partial charge in [-0.05, 0) is 6.92 Å². The van der Waals surface area contributed by atoms with Crippen LogP contribution in [0.1, 0.15) is 13.3 Å². The van der Waals surface area contributed by atoms with E-state index < -0.39 is 6.03 Å². The third-order valence-electron chi connectivity index (χ3n) is 1.63. The van der Waals surface area contributed by atoms with Crippen LogP contribution < -0.4 is 16.4 Å². The Kier molecular flexibility index (Phi) is 2.90. The predicted molar refractivity (Wildman–Crippen MR) is 47.1 cm³/mol. The molecule has 4 N–H and O–H groups in total. The second-order valence-electron chi connectivity index (χ2n) is 2.87. The molecule has 0 aromatic heterocycles. The van der Waals surface area contributed by atoms with Crippen LogP contribution in [0.2, 0.25) is 0 Å². The molecule has 1 unspecified atom stereocenters. The van der Waals surface area contributed by atoms with Crippen LogP contribution in [-0.4, -0.2) is 31.0 Å². The lowest BCUT2D eigenvalue weighted by Gasteiger charge is -2.11. The lowest BCUT2D eigenvalue weighted by Crippen LogP contribution is -2.39. The molecule has 5 heteroatoms. The lowest BCUT2D eigenvalue weighted by molar-refractivity contribution is 0.246. The zero-order chi connectivity index (χ0) is 8.97. The molecular formula is C7H14N4O. The molecular weight excluding hydrogens is 156 g/mol. The molecule has 0 fully saturated rings. The quantitative estimate of drug-likeness (QED) is 0.530. The Bertz CT molecular complexity index is 202. The first kappa shape index (κ1) is 8.83. The summed E-state index contributed by atoms with van der Waals surface area (Å²) in [6.45, 7) is 3.63. The highest BCUT2D eigenvalue weighted by atomic mass is 16.2. The van der Waals surface area contributed by atoms with Crippen molar-refractivity contribution >= 4 is 11.9 Å². The molecule has 1 heterocycles. The Hall–Kier alpha value is -1.26. The summed E-state index contributed by atoms with van der Waals surface area (Å²) in [5.74, 6) is 0.955. The highest BCUT2D eigenvalue weighted by molar-refractivity contribution is 5.84. The lowest BCUT2D eigenvalue weighted by atomic mass is 10.2. The van der Waals surface area contributed by atoms with Gasteiger partial charge in [0.2, 0.25) is 0 Å². The number of hydrogen-bond donors (Lipinski definition) is 3. The molecule has 5 nitrogen and oxygen atoms in total. The molecule has 0 saturated carbocycles. The standard InChI is InChI=1S/C7H14N4O/c1-5(11-7(8)12)4-6-9-2-3-10-6/h5H,2-4H2,1H3,(H,9,10)(H3,8,11,12). The first-order chi connectivity index (χ1) is 5.68. The van der Waals surface area contributed by atoms with Crippen molar-refractivity contribution < 1.29 is 4.79 Å². The second-order valence-corrected chi connectivity index (χ2v) is 2.87. The molecule has 68 valence electrons. The Labute approximate surface area is 71.4 Å². The molecule has 2 amide bonds. The van der Waals surface area contributed by atoms with Crippen LogP contribution in [0, 0.1) is 0 Å². The van der Waals surface area contributed by atoms with Gasteiger partial charge in [-0.2, -0.15) is 0 Å². The molecule has 0 saturated heterocycles. The Balaban J connectivity index is 2.25. The van der Waals surface area contributed by atoms with Crippen molar-refractivity contribution in [2.24, 2.45) is 10.7 Å². The van der Waals surface area contributed by atoms with Crippen LogP contribution in [0.25, 0.3) is 0 Å². The molecule has 0 aromatic rings. The smallest absolute Gasteiger partial charge is 0.312 e. The number of aliphatic imine (C=N–C) groups is 1. The third-order valence-corrected chi connectivity index (χ3v) is 1.63. The number of carbonyl (C=O) groups is 1. The zero-order valence-corrected chi connectivity index (χ0v) is 7.13. The van der Waals surface area contributed by atoms with Crippen LogP contribution in [-0.2, 0) is 0 Å². The maximum atomic E-state index is 10.4. The van der Waals surface area contributed by atoms with Crippen LogP contribution in [0.15, 0.2) is 4.99 Å². The van der Waals surface area contributed by atoms with Gasteiger partial charge in [-0.15, -0.1) is 0 Å². The van der Waals surface area contributed by atoms with E-state index in [1.165, 1.54) is 0 Å². The van der Waals surface area contributed by atoms with E-state index in [9.17, 15) is 4.79 Å². The number of amides is 2. The molecule has 0 bridgehead atoms.